The zero-order valence-corrected chi connectivity index (χ0v) is 24.7. The van der Waals surface area contributed by atoms with E-state index in [2.05, 4.69) is 53.1 Å². The van der Waals surface area contributed by atoms with Gasteiger partial charge in [0.1, 0.15) is 11.4 Å². The van der Waals surface area contributed by atoms with Crippen LogP contribution >= 0.6 is 0 Å². The van der Waals surface area contributed by atoms with Gasteiger partial charge in [-0.1, -0.05) is 83.1 Å². The van der Waals surface area contributed by atoms with Crippen molar-refractivity contribution in [1.29, 1.82) is 0 Å². The summed E-state index contributed by atoms with van der Waals surface area (Å²) in [6.07, 6.45) is 15.7. The predicted molar refractivity (Wildman–Crippen MR) is 160 cm³/mol. The Morgan fingerprint density at radius 2 is 1.41 bits per heavy atom. The number of ether oxygens (including phenoxy) is 2. The third-order valence-electron chi connectivity index (χ3n) is 7.73. The number of aromatic nitrogens is 3. The normalized spacial score (nSPS) is 15.6. The van der Waals surface area contributed by atoms with E-state index in [-0.39, 0.29) is 11.4 Å². The van der Waals surface area contributed by atoms with Gasteiger partial charge < -0.3 is 9.47 Å². The van der Waals surface area contributed by atoms with Gasteiger partial charge in [-0.2, -0.15) is 8.78 Å². The molecule has 3 heterocycles. The molecule has 0 saturated carbocycles. The summed E-state index contributed by atoms with van der Waals surface area (Å²) in [5.41, 5.74) is 3.19. The Morgan fingerprint density at radius 3 is 2.12 bits per heavy atom. The smallest absolute Gasteiger partial charge is 0.329 e. The van der Waals surface area contributed by atoms with Crippen molar-refractivity contribution in [3.63, 3.8) is 0 Å². The molecule has 0 aliphatic carbocycles. The number of rotatable bonds is 18. The van der Waals surface area contributed by atoms with E-state index >= 15 is 8.78 Å². The fraction of sp³-hybridized carbons (Fsp3) is 0.559. The molecule has 7 heteroatoms. The SMILES string of the molecule is CCCCCCCC1Oc2ccc(-c3ncc(-c4ccc(CCCCOCCCCCC)cc4)cn3)nc2C1(F)F. The molecule has 0 spiro atoms. The Hall–Kier alpha value is -2.93. The van der Waals surface area contributed by atoms with Gasteiger partial charge in [-0.15, -0.1) is 0 Å². The standard InChI is InChI=1S/C34H45F2N3O2/c1-3-5-7-9-10-15-31-34(35,36)32-30(41-31)21-20-29(39-32)33-37-24-28(25-38-33)27-18-16-26(17-19-27)14-11-13-23-40-22-12-8-6-4-2/h16-21,24-25,31H,3-15,22-23H2,1-2H3. The van der Waals surface area contributed by atoms with Crippen LogP contribution in [0.15, 0.2) is 48.8 Å². The Morgan fingerprint density at radius 1 is 0.756 bits per heavy atom. The molecule has 0 fully saturated rings. The van der Waals surface area contributed by atoms with Crippen LogP contribution < -0.4 is 4.74 Å². The first kappa shape index (κ1) is 31.0. The first-order chi connectivity index (χ1) is 20.0. The van der Waals surface area contributed by atoms with Gasteiger partial charge in [-0.3, -0.25) is 0 Å². The molecule has 222 valence electrons. The molecular formula is C34H45F2N3O2. The van der Waals surface area contributed by atoms with Crippen LogP contribution in [0.3, 0.4) is 0 Å². The van der Waals surface area contributed by atoms with Crippen LogP contribution in [0.1, 0.15) is 102 Å². The Bertz CT molecular complexity index is 1190. The predicted octanol–water partition coefficient (Wildman–Crippen LogP) is 9.34. The van der Waals surface area contributed by atoms with Crippen molar-refractivity contribution in [1.82, 2.24) is 15.0 Å². The first-order valence-electron chi connectivity index (χ1n) is 15.6. The highest BCUT2D eigenvalue weighted by atomic mass is 19.3. The second-order valence-corrected chi connectivity index (χ2v) is 11.1. The number of halogens is 2. The number of benzene rings is 1. The lowest BCUT2D eigenvalue weighted by Gasteiger charge is -2.17. The van der Waals surface area contributed by atoms with E-state index < -0.39 is 12.0 Å². The number of hydrogen-bond acceptors (Lipinski definition) is 5. The maximum absolute atomic E-state index is 15.1. The second kappa shape index (κ2) is 15.9. The highest BCUT2D eigenvalue weighted by Crippen LogP contribution is 2.46. The van der Waals surface area contributed by atoms with Gasteiger partial charge in [0.2, 0.25) is 0 Å². The van der Waals surface area contributed by atoms with Crippen LogP contribution in [0, 0.1) is 0 Å². The molecule has 0 amide bonds. The molecule has 4 rings (SSSR count). The fourth-order valence-corrected chi connectivity index (χ4v) is 5.20. The van der Waals surface area contributed by atoms with Crippen molar-refractivity contribution in [3.05, 3.63) is 60.0 Å². The van der Waals surface area contributed by atoms with E-state index in [9.17, 15) is 0 Å². The number of aryl methyl sites for hydroxylation is 1. The van der Waals surface area contributed by atoms with E-state index in [4.69, 9.17) is 9.47 Å². The minimum absolute atomic E-state index is 0.156. The molecule has 1 atom stereocenters. The van der Waals surface area contributed by atoms with Crippen molar-refractivity contribution < 1.29 is 18.3 Å². The van der Waals surface area contributed by atoms with Gasteiger partial charge >= 0.3 is 5.92 Å². The summed E-state index contributed by atoms with van der Waals surface area (Å²) >= 11 is 0. The number of fused-ring (bicyclic) bond motifs is 1. The van der Waals surface area contributed by atoms with Crippen LogP contribution in [0.2, 0.25) is 0 Å². The monoisotopic (exact) mass is 565 g/mol. The molecule has 1 aliphatic rings. The number of unbranched alkanes of at least 4 members (excludes halogenated alkanes) is 8. The lowest BCUT2D eigenvalue weighted by molar-refractivity contribution is -0.0818. The van der Waals surface area contributed by atoms with Crippen molar-refractivity contribution in [3.8, 4) is 28.4 Å². The molecule has 0 radical (unpaired) electrons. The molecule has 0 saturated heterocycles. The lowest BCUT2D eigenvalue weighted by Crippen LogP contribution is -2.30. The topological polar surface area (TPSA) is 57.1 Å². The molecular weight excluding hydrogens is 520 g/mol. The van der Waals surface area contributed by atoms with Crippen molar-refractivity contribution >= 4 is 0 Å². The maximum atomic E-state index is 15.1. The summed E-state index contributed by atoms with van der Waals surface area (Å²) in [6.45, 7) is 6.06. The molecule has 2 aromatic heterocycles. The number of alkyl halides is 2. The summed E-state index contributed by atoms with van der Waals surface area (Å²) in [6, 6.07) is 11.6. The molecule has 3 aromatic rings. The summed E-state index contributed by atoms with van der Waals surface area (Å²) in [7, 11) is 0. The molecule has 1 aliphatic heterocycles. The zero-order chi connectivity index (χ0) is 28.9. The second-order valence-electron chi connectivity index (χ2n) is 11.1. The summed E-state index contributed by atoms with van der Waals surface area (Å²) in [5.74, 6) is -2.65. The third-order valence-corrected chi connectivity index (χ3v) is 7.73. The van der Waals surface area contributed by atoms with E-state index in [0.29, 0.717) is 17.9 Å². The average Bonchev–Trinajstić information content (AvgIpc) is 3.25. The molecule has 0 N–H and O–H groups in total. The van der Waals surface area contributed by atoms with Gasteiger partial charge in [-0.25, -0.2) is 15.0 Å². The molecule has 1 aromatic carbocycles. The van der Waals surface area contributed by atoms with E-state index in [1.807, 2.05) is 0 Å². The minimum Gasteiger partial charge on any atom is -0.482 e. The van der Waals surface area contributed by atoms with Crippen molar-refractivity contribution in [2.75, 3.05) is 13.2 Å². The highest BCUT2D eigenvalue weighted by molar-refractivity contribution is 5.63. The molecule has 5 nitrogen and oxygen atoms in total. The van der Waals surface area contributed by atoms with Crippen LogP contribution in [0.5, 0.6) is 5.75 Å². The van der Waals surface area contributed by atoms with Gasteiger partial charge in [0.25, 0.3) is 0 Å². The zero-order valence-electron chi connectivity index (χ0n) is 24.7. The quantitative estimate of drug-likeness (QED) is 0.144. The van der Waals surface area contributed by atoms with Gasteiger partial charge in [0.05, 0.1) is 0 Å². The fourth-order valence-electron chi connectivity index (χ4n) is 5.20. The van der Waals surface area contributed by atoms with E-state index in [1.54, 1.807) is 24.5 Å². The first-order valence-corrected chi connectivity index (χ1v) is 15.6. The van der Waals surface area contributed by atoms with Crippen LogP contribution in [0.4, 0.5) is 8.78 Å². The average molecular weight is 566 g/mol. The Kier molecular flexibility index (Phi) is 12.0. The summed E-state index contributed by atoms with van der Waals surface area (Å²) in [4.78, 5) is 13.1. The summed E-state index contributed by atoms with van der Waals surface area (Å²) < 4.78 is 41.6. The van der Waals surface area contributed by atoms with Gasteiger partial charge in [-0.05, 0) is 61.8 Å². The molecule has 41 heavy (non-hydrogen) atoms. The van der Waals surface area contributed by atoms with Gasteiger partial charge in [0.15, 0.2) is 17.6 Å². The van der Waals surface area contributed by atoms with E-state index in [0.717, 1.165) is 82.1 Å². The minimum atomic E-state index is -3.13. The lowest BCUT2D eigenvalue weighted by atomic mass is 10.0. The van der Waals surface area contributed by atoms with Crippen molar-refractivity contribution in [2.24, 2.45) is 0 Å². The Balaban J connectivity index is 1.27. The van der Waals surface area contributed by atoms with Crippen LogP contribution in [0.25, 0.3) is 22.6 Å². The maximum Gasteiger partial charge on any atom is 0.329 e. The molecule has 0 bridgehead atoms. The number of hydrogen-bond donors (Lipinski definition) is 0. The summed E-state index contributed by atoms with van der Waals surface area (Å²) in [5, 5.41) is 0. The molecule has 1 unspecified atom stereocenters. The van der Waals surface area contributed by atoms with Crippen LogP contribution in [-0.4, -0.2) is 34.3 Å². The third kappa shape index (κ3) is 8.78. The van der Waals surface area contributed by atoms with E-state index in [1.165, 1.54) is 24.8 Å². The van der Waals surface area contributed by atoms with Crippen molar-refractivity contribution in [2.45, 2.75) is 109 Å². The highest BCUT2D eigenvalue weighted by Gasteiger charge is 2.52. The number of pyridine rings is 1. The largest absolute Gasteiger partial charge is 0.482 e. The Labute approximate surface area is 244 Å². The van der Waals surface area contributed by atoms with Crippen LogP contribution in [-0.2, 0) is 17.1 Å². The number of nitrogens with zero attached hydrogens (tertiary/aromatic N) is 3. The van der Waals surface area contributed by atoms with Gasteiger partial charge in [0, 0.05) is 31.2 Å².